The molecule has 0 aliphatic carbocycles. The van der Waals surface area contributed by atoms with Crippen molar-refractivity contribution in [1.29, 1.82) is 0 Å². The van der Waals surface area contributed by atoms with Gasteiger partial charge in [-0.25, -0.2) is 0 Å². The number of anilines is 2. The molecule has 6 rings (SSSR count). The van der Waals surface area contributed by atoms with Crippen molar-refractivity contribution < 1.29 is 9.59 Å². The molecule has 0 atom stereocenters. The molecule has 0 aliphatic heterocycles. The highest BCUT2D eigenvalue weighted by atomic mass is 32.2. The molecule has 2 amide bonds. The van der Waals surface area contributed by atoms with Crippen LogP contribution in [0.4, 0.5) is 11.4 Å². The van der Waals surface area contributed by atoms with Gasteiger partial charge in [-0.2, -0.15) is 0 Å². The fourth-order valence-corrected chi connectivity index (χ4v) is 7.40. The fraction of sp³-hybridized carbons (Fsp3) is 0.222. The molecule has 4 aromatic heterocycles. The molecule has 0 spiro atoms. The van der Waals surface area contributed by atoms with E-state index in [1.165, 1.54) is 23.5 Å². The molecule has 6 aromatic rings. The summed E-state index contributed by atoms with van der Waals surface area (Å²) in [6.07, 6.45) is 1.66. The van der Waals surface area contributed by atoms with E-state index in [2.05, 4.69) is 62.9 Å². The molecule has 0 unspecified atom stereocenters. The van der Waals surface area contributed by atoms with Crippen molar-refractivity contribution >= 4 is 75.6 Å². The normalized spacial score (nSPS) is 10.7. The molecule has 50 heavy (non-hydrogen) atoms. The van der Waals surface area contributed by atoms with Crippen LogP contribution in [0.25, 0.3) is 27.6 Å². The van der Waals surface area contributed by atoms with Gasteiger partial charge in [0.15, 0.2) is 22.0 Å². The number of nitrogens with zero attached hydrogens (tertiary/aromatic N) is 6. The average Bonchev–Trinajstić information content (AvgIpc) is 3.95. The van der Waals surface area contributed by atoms with Crippen molar-refractivity contribution in [3.8, 4) is 21.4 Å². The van der Waals surface area contributed by atoms with Crippen molar-refractivity contribution in [2.24, 2.45) is 0 Å². The van der Waals surface area contributed by atoms with Crippen LogP contribution in [0.3, 0.4) is 0 Å². The highest BCUT2D eigenvalue weighted by Gasteiger charge is 2.25. The van der Waals surface area contributed by atoms with Crippen molar-refractivity contribution in [3.05, 3.63) is 102 Å². The second kappa shape index (κ2) is 19.0. The number of hydrogen-bond acceptors (Lipinski definition) is 10. The Morgan fingerprint density at radius 3 is 1.62 bits per heavy atom. The minimum Gasteiger partial charge on any atom is -0.325 e. The molecule has 2 aromatic carbocycles. The van der Waals surface area contributed by atoms with Gasteiger partial charge in [-0.1, -0.05) is 92.5 Å². The third kappa shape index (κ3) is 10.7. The van der Waals surface area contributed by atoms with Gasteiger partial charge in [0.05, 0.1) is 21.3 Å². The number of aromatic nitrogens is 6. The topological polar surface area (TPSA) is 120 Å². The maximum absolute atomic E-state index is 12.2. The highest BCUT2D eigenvalue weighted by molar-refractivity contribution is 8.00. The van der Waals surface area contributed by atoms with Crippen molar-refractivity contribution in [2.45, 2.75) is 50.5 Å². The molecule has 10 nitrogen and oxygen atoms in total. The van der Waals surface area contributed by atoms with Gasteiger partial charge in [-0.3, -0.25) is 18.7 Å². The number of thiophene rings is 2. The Morgan fingerprint density at radius 1 is 0.700 bits per heavy atom. The third-order valence-corrected chi connectivity index (χ3v) is 10.0. The Labute approximate surface area is 309 Å². The van der Waals surface area contributed by atoms with E-state index in [4.69, 9.17) is 0 Å². The first kappa shape index (κ1) is 38.3. The van der Waals surface area contributed by atoms with Gasteiger partial charge in [0.25, 0.3) is 0 Å². The first-order valence-corrected chi connectivity index (χ1v) is 19.5. The maximum Gasteiger partial charge on any atom is 0.234 e. The Hall–Kier alpha value is -4.50. The second-order valence-electron chi connectivity index (χ2n) is 11.0. The number of amides is 2. The van der Waals surface area contributed by atoms with E-state index in [9.17, 15) is 9.59 Å². The molecule has 0 aliphatic rings. The van der Waals surface area contributed by atoms with Crippen LogP contribution in [-0.2, 0) is 15.1 Å². The van der Waals surface area contributed by atoms with E-state index in [1.807, 2.05) is 110 Å². The van der Waals surface area contributed by atoms with Crippen LogP contribution >= 0.6 is 46.2 Å². The average molecular weight is 745 g/mol. The van der Waals surface area contributed by atoms with Crippen LogP contribution in [0.2, 0.25) is 0 Å². The number of nitrogens with one attached hydrogen (secondary N) is 2. The summed E-state index contributed by atoms with van der Waals surface area (Å²) in [6, 6.07) is 26.8. The fourth-order valence-electron chi connectivity index (χ4n) is 4.34. The van der Waals surface area contributed by atoms with Gasteiger partial charge in [0.2, 0.25) is 11.8 Å². The summed E-state index contributed by atoms with van der Waals surface area (Å²) in [4.78, 5) is 26.3. The van der Waals surface area contributed by atoms with E-state index < -0.39 is 0 Å². The van der Waals surface area contributed by atoms with Gasteiger partial charge < -0.3 is 10.6 Å². The van der Waals surface area contributed by atoms with Gasteiger partial charge in [-0.15, -0.1) is 43.1 Å². The highest BCUT2D eigenvalue weighted by Crippen LogP contribution is 2.33. The quantitative estimate of drug-likeness (QED) is 0.126. The van der Waals surface area contributed by atoms with Crippen LogP contribution in [0.1, 0.15) is 34.6 Å². The molecule has 14 heteroatoms. The minimum atomic E-state index is -0.180. The molecular formula is C36H40N8O2S4. The Bertz CT molecular complexity index is 1920. The summed E-state index contributed by atoms with van der Waals surface area (Å²) >= 11 is 5.95. The number of para-hydroxylation sites is 2. The van der Waals surface area contributed by atoms with Crippen LogP contribution < -0.4 is 10.6 Å². The predicted octanol–water partition coefficient (Wildman–Crippen LogP) is 9.36. The maximum atomic E-state index is 12.2. The number of carbonyl (C=O) groups is 2. The summed E-state index contributed by atoms with van der Waals surface area (Å²) in [5.41, 5.74) is 1.40. The minimum absolute atomic E-state index is 0.0580. The summed E-state index contributed by atoms with van der Waals surface area (Å²) in [7, 11) is 0. The van der Waals surface area contributed by atoms with Gasteiger partial charge in [-0.05, 0) is 67.9 Å². The summed E-state index contributed by atoms with van der Waals surface area (Å²) in [6.45, 7) is 14.1. The second-order valence-corrected chi connectivity index (χ2v) is 14.8. The third-order valence-electron chi connectivity index (χ3n) is 6.41. The summed E-state index contributed by atoms with van der Waals surface area (Å²) < 4.78 is 3.89. The molecule has 260 valence electrons. The first-order chi connectivity index (χ1) is 24.2. The molecule has 0 radical (unpaired) electrons. The number of rotatable bonds is 11. The van der Waals surface area contributed by atoms with Gasteiger partial charge >= 0.3 is 0 Å². The Morgan fingerprint density at radius 2 is 1.16 bits per heavy atom. The van der Waals surface area contributed by atoms with Crippen LogP contribution in [0.15, 0.2) is 113 Å². The largest absolute Gasteiger partial charge is 0.325 e. The number of benzene rings is 2. The van der Waals surface area contributed by atoms with E-state index >= 15 is 0 Å². The number of carbonyl (C=O) groups excluding carboxylic acids is 2. The lowest BCUT2D eigenvalue weighted by Gasteiger charge is -2.24. The molecule has 0 saturated carbocycles. The zero-order valence-corrected chi connectivity index (χ0v) is 31.8. The zero-order valence-electron chi connectivity index (χ0n) is 28.6. The SMILES string of the molecule is C=Cn1c(SCC(=O)Nc2ccccc2)nnc1-c1cccs1.CC.CC(C)(C)n1c(SCC(=O)Nc2ccccc2)nnc1-c1cccs1. The lowest BCUT2D eigenvalue weighted by Crippen LogP contribution is -2.24. The first-order valence-electron chi connectivity index (χ1n) is 15.8. The lowest BCUT2D eigenvalue weighted by molar-refractivity contribution is -0.114. The lowest BCUT2D eigenvalue weighted by atomic mass is 10.1. The van der Waals surface area contributed by atoms with Crippen molar-refractivity contribution in [1.82, 2.24) is 29.5 Å². The number of thioether (sulfide) groups is 2. The van der Waals surface area contributed by atoms with Gasteiger partial charge in [0.1, 0.15) is 0 Å². The summed E-state index contributed by atoms with van der Waals surface area (Å²) in [5.74, 6) is 1.98. The monoisotopic (exact) mass is 744 g/mol. The smallest absolute Gasteiger partial charge is 0.234 e. The standard InChI is InChI=1S/C18H20N4OS2.C16H14N4OS2.C2H6/c1-18(2,3)22-16(14-10-7-11-24-14)20-21-17(22)25-12-15(23)19-13-8-5-4-6-9-13;1-2-20-15(13-9-6-10-22-13)18-19-16(20)23-11-14(21)17-12-7-4-3-5-8-12;1-2/h4-11H,12H2,1-3H3,(H,19,23);2-10H,1,11H2,(H,17,21);1-2H3. The Balaban J connectivity index is 0.000000215. The van der Waals surface area contributed by atoms with Crippen molar-refractivity contribution in [2.75, 3.05) is 22.1 Å². The summed E-state index contributed by atoms with van der Waals surface area (Å²) in [5, 5.41) is 28.2. The zero-order chi connectivity index (χ0) is 35.9. The van der Waals surface area contributed by atoms with E-state index in [-0.39, 0.29) is 28.9 Å². The van der Waals surface area contributed by atoms with Crippen LogP contribution in [0.5, 0.6) is 0 Å². The molecule has 4 heterocycles. The van der Waals surface area contributed by atoms with Gasteiger partial charge in [0, 0.05) is 23.1 Å². The van der Waals surface area contributed by atoms with E-state index in [0.717, 1.165) is 37.9 Å². The molecule has 2 N–H and O–H groups in total. The van der Waals surface area contributed by atoms with Crippen LogP contribution in [0, 0.1) is 0 Å². The Kier molecular flexibility index (Phi) is 14.6. The van der Waals surface area contributed by atoms with Crippen molar-refractivity contribution in [3.63, 3.8) is 0 Å². The predicted molar refractivity (Wildman–Crippen MR) is 211 cm³/mol. The number of hydrogen-bond donors (Lipinski definition) is 2. The molecule has 0 saturated heterocycles. The molecule has 0 bridgehead atoms. The van der Waals surface area contributed by atoms with E-state index in [0.29, 0.717) is 5.16 Å². The van der Waals surface area contributed by atoms with E-state index in [1.54, 1.807) is 33.4 Å². The van der Waals surface area contributed by atoms with Crippen LogP contribution in [-0.4, -0.2) is 52.8 Å². The molecule has 0 fully saturated rings. The molecular weight excluding hydrogens is 705 g/mol.